The smallest absolute Gasteiger partial charge is 0.269 e. The molecule has 1 aromatic heterocycles. The van der Waals surface area contributed by atoms with Crippen molar-refractivity contribution in [2.75, 3.05) is 17.7 Å². The Morgan fingerprint density at radius 3 is 2.43 bits per heavy atom. The molecule has 0 aliphatic carbocycles. The number of hydrogen-bond donors (Lipinski definition) is 2. The van der Waals surface area contributed by atoms with Crippen molar-refractivity contribution in [3.05, 3.63) is 82.4 Å². The van der Waals surface area contributed by atoms with E-state index in [0.717, 1.165) is 20.9 Å². The van der Waals surface area contributed by atoms with E-state index >= 15 is 0 Å². The van der Waals surface area contributed by atoms with Gasteiger partial charge in [0.1, 0.15) is 5.75 Å². The Balaban J connectivity index is 1.33. The fourth-order valence-corrected chi connectivity index (χ4v) is 4.87. The average Bonchev–Trinajstić information content (AvgIpc) is 3.26. The first-order valence-electron chi connectivity index (χ1n) is 10.4. The minimum absolute atomic E-state index is 0.0792. The zero-order chi connectivity index (χ0) is 24.9. The number of nitro groups is 1. The number of benzene rings is 3. The maximum absolute atomic E-state index is 12.7. The number of thiazole rings is 1. The van der Waals surface area contributed by atoms with E-state index in [4.69, 9.17) is 4.74 Å². The Kier molecular flexibility index (Phi) is 7.28. The number of anilines is 2. The van der Waals surface area contributed by atoms with Gasteiger partial charge in [0.2, 0.25) is 5.91 Å². The van der Waals surface area contributed by atoms with Crippen molar-refractivity contribution in [2.45, 2.75) is 17.1 Å². The Morgan fingerprint density at radius 1 is 1.06 bits per heavy atom. The first-order chi connectivity index (χ1) is 16.8. The number of methoxy groups -OCH3 is 1. The number of rotatable bonds is 8. The molecule has 4 aromatic rings. The summed E-state index contributed by atoms with van der Waals surface area (Å²) in [6.45, 7) is 1.81. The van der Waals surface area contributed by atoms with Gasteiger partial charge in [-0.2, -0.15) is 0 Å². The van der Waals surface area contributed by atoms with E-state index in [1.54, 1.807) is 26.2 Å². The molecule has 2 amide bonds. The Morgan fingerprint density at radius 2 is 1.77 bits per heavy atom. The van der Waals surface area contributed by atoms with E-state index < -0.39 is 4.92 Å². The quantitative estimate of drug-likeness (QED) is 0.181. The Labute approximate surface area is 208 Å². The number of thioether (sulfide) groups is 1. The standard InChI is InChI=1S/C24H20N4O5S2/c1-14(22(29)27-24-26-20-12-9-18(33-2)13-21(20)35-24)34-19-10-5-16(6-11-19)25-23(30)15-3-7-17(8-4-15)28(31)32/h3-14H,1-2H3,(H,25,30)(H,26,27,29). The second-order valence-electron chi connectivity index (χ2n) is 7.38. The molecular weight excluding hydrogens is 488 g/mol. The lowest BCUT2D eigenvalue weighted by molar-refractivity contribution is -0.384. The lowest BCUT2D eigenvalue weighted by atomic mass is 10.2. The summed E-state index contributed by atoms with van der Waals surface area (Å²) < 4.78 is 6.15. The van der Waals surface area contributed by atoms with Crippen molar-refractivity contribution < 1.29 is 19.2 Å². The summed E-state index contributed by atoms with van der Waals surface area (Å²) in [4.78, 5) is 40.6. The van der Waals surface area contributed by atoms with Crippen LogP contribution in [0.15, 0.2) is 71.6 Å². The van der Waals surface area contributed by atoms with E-state index in [-0.39, 0.29) is 22.8 Å². The molecule has 0 aliphatic rings. The number of carbonyl (C=O) groups is 2. The van der Waals surface area contributed by atoms with Crippen molar-refractivity contribution in [1.82, 2.24) is 4.98 Å². The molecule has 1 atom stereocenters. The monoisotopic (exact) mass is 508 g/mol. The zero-order valence-electron chi connectivity index (χ0n) is 18.7. The molecule has 178 valence electrons. The summed E-state index contributed by atoms with van der Waals surface area (Å²) in [7, 11) is 1.60. The van der Waals surface area contributed by atoms with Gasteiger partial charge < -0.3 is 15.4 Å². The summed E-state index contributed by atoms with van der Waals surface area (Å²) in [5, 5.41) is 16.5. The third-order valence-electron chi connectivity index (χ3n) is 4.96. The predicted octanol–water partition coefficient (Wildman–Crippen LogP) is 5.58. The van der Waals surface area contributed by atoms with E-state index in [1.807, 2.05) is 30.3 Å². The summed E-state index contributed by atoms with van der Waals surface area (Å²) in [6.07, 6.45) is 0. The highest BCUT2D eigenvalue weighted by molar-refractivity contribution is 8.00. The van der Waals surface area contributed by atoms with Gasteiger partial charge in [0, 0.05) is 28.3 Å². The van der Waals surface area contributed by atoms with Crippen LogP contribution in [0.25, 0.3) is 10.2 Å². The van der Waals surface area contributed by atoms with Crippen LogP contribution in [0.3, 0.4) is 0 Å². The number of amides is 2. The van der Waals surface area contributed by atoms with E-state index in [9.17, 15) is 19.7 Å². The van der Waals surface area contributed by atoms with Gasteiger partial charge in [0.15, 0.2) is 5.13 Å². The van der Waals surface area contributed by atoms with Gasteiger partial charge in [-0.1, -0.05) is 11.3 Å². The molecule has 3 aromatic carbocycles. The molecule has 0 spiro atoms. The Bertz CT molecular complexity index is 1390. The van der Waals surface area contributed by atoms with Gasteiger partial charge in [-0.15, -0.1) is 11.8 Å². The number of fused-ring (bicyclic) bond motifs is 1. The fourth-order valence-electron chi connectivity index (χ4n) is 3.10. The number of nitrogens with one attached hydrogen (secondary N) is 2. The second-order valence-corrected chi connectivity index (χ2v) is 9.83. The molecule has 0 fully saturated rings. The second kappa shape index (κ2) is 10.5. The van der Waals surface area contributed by atoms with Gasteiger partial charge in [-0.25, -0.2) is 4.98 Å². The summed E-state index contributed by atoms with van der Waals surface area (Å²) in [5.74, 6) is 0.188. The number of ether oxygens (including phenoxy) is 1. The highest BCUT2D eigenvalue weighted by Crippen LogP contribution is 2.30. The number of non-ortho nitro benzene ring substituents is 1. The van der Waals surface area contributed by atoms with E-state index in [0.29, 0.717) is 16.4 Å². The van der Waals surface area contributed by atoms with E-state index in [1.165, 1.54) is 47.4 Å². The SMILES string of the molecule is COc1ccc2nc(NC(=O)C(C)Sc3ccc(NC(=O)c4ccc([N+](=O)[O-])cc4)cc3)sc2c1. The minimum Gasteiger partial charge on any atom is -0.497 e. The summed E-state index contributed by atoms with van der Waals surface area (Å²) in [6, 6.07) is 18.0. The lowest BCUT2D eigenvalue weighted by Gasteiger charge is -2.11. The van der Waals surface area contributed by atoms with Crippen LogP contribution in [0.5, 0.6) is 5.75 Å². The van der Waals surface area contributed by atoms with Crippen LogP contribution in [0.2, 0.25) is 0 Å². The highest BCUT2D eigenvalue weighted by atomic mass is 32.2. The molecule has 4 rings (SSSR count). The maximum atomic E-state index is 12.7. The molecule has 11 heteroatoms. The fraction of sp³-hybridized carbons (Fsp3) is 0.125. The molecule has 1 heterocycles. The summed E-state index contributed by atoms with van der Waals surface area (Å²) >= 11 is 2.76. The van der Waals surface area contributed by atoms with Gasteiger partial charge in [0.05, 0.1) is 27.5 Å². The van der Waals surface area contributed by atoms with Crippen LogP contribution in [0.4, 0.5) is 16.5 Å². The molecule has 1 unspecified atom stereocenters. The number of aromatic nitrogens is 1. The molecular formula is C24H20N4O5S2. The van der Waals surface area contributed by atoms with Gasteiger partial charge in [-0.3, -0.25) is 19.7 Å². The molecule has 0 radical (unpaired) electrons. The maximum Gasteiger partial charge on any atom is 0.269 e. The van der Waals surface area contributed by atoms with Gasteiger partial charge in [0.25, 0.3) is 11.6 Å². The first kappa shape index (κ1) is 24.2. The summed E-state index contributed by atoms with van der Waals surface area (Å²) in [5.41, 5.74) is 1.59. The van der Waals surface area contributed by atoms with E-state index in [2.05, 4.69) is 15.6 Å². The first-order valence-corrected chi connectivity index (χ1v) is 12.1. The number of hydrogen-bond acceptors (Lipinski definition) is 8. The molecule has 0 saturated heterocycles. The predicted molar refractivity (Wildman–Crippen MR) is 138 cm³/mol. The lowest BCUT2D eigenvalue weighted by Crippen LogP contribution is -2.22. The van der Waals surface area contributed by atoms with Crippen molar-refractivity contribution in [1.29, 1.82) is 0 Å². The van der Waals surface area contributed by atoms with Crippen LogP contribution in [-0.2, 0) is 4.79 Å². The zero-order valence-corrected chi connectivity index (χ0v) is 20.3. The van der Waals surface area contributed by atoms with Crippen LogP contribution in [0, 0.1) is 10.1 Å². The molecule has 0 aliphatic heterocycles. The topological polar surface area (TPSA) is 123 Å². The van der Waals surface area contributed by atoms with Gasteiger partial charge in [-0.05, 0) is 61.5 Å². The highest BCUT2D eigenvalue weighted by Gasteiger charge is 2.17. The van der Waals surface area contributed by atoms with Crippen molar-refractivity contribution in [3.63, 3.8) is 0 Å². The van der Waals surface area contributed by atoms with Crippen LogP contribution < -0.4 is 15.4 Å². The molecule has 0 bridgehead atoms. The van der Waals surface area contributed by atoms with Crippen molar-refractivity contribution in [3.8, 4) is 5.75 Å². The van der Waals surface area contributed by atoms with Crippen molar-refractivity contribution in [2.24, 2.45) is 0 Å². The molecule has 0 saturated carbocycles. The molecule has 2 N–H and O–H groups in total. The number of nitro benzene ring substituents is 1. The number of nitrogens with zero attached hydrogens (tertiary/aromatic N) is 2. The normalized spacial score (nSPS) is 11.6. The number of carbonyl (C=O) groups excluding carboxylic acids is 2. The molecule has 9 nitrogen and oxygen atoms in total. The third kappa shape index (κ3) is 5.94. The van der Waals surface area contributed by atoms with Crippen molar-refractivity contribution >= 4 is 61.6 Å². The van der Waals surface area contributed by atoms with Crippen LogP contribution in [0.1, 0.15) is 17.3 Å². The van der Waals surface area contributed by atoms with Gasteiger partial charge >= 0.3 is 0 Å². The van der Waals surface area contributed by atoms with Crippen LogP contribution in [-0.4, -0.2) is 34.1 Å². The third-order valence-corrected chi connectivity index (χ3v) is 7.01. The molecule has 35 heavy (non-hydrogen) atoms. The largest absolute Gasteiger partial charge is 0.497 e. The van der Waals surface area contributed by atoms with Crippen LogP contribution >= 0.6 is 23.1 Å². The minimum atomic E-state index is -0.518. The Hall–Kier alpha value is -3.96. The average molecular weight is 509 g/mol.